The van der Waals surface area contributed by atoms with E-state index in [1.54, 1.807) is 7.11 Å². The third kappa shape index (κ3) is 5.68. The van der Waals surface area contributed by atoms with Crippen LogP contribution in [0.15, 0.2) is 4.99 Å². The lowest BCUT2D eigenvalue weighted by Gasteiger charge is -2.35. The molecule has 2 aliphatic heterocycles. The third-order valence-electron chi connectivity index (χ3n) is 3.97. The van der Waals surface area contributed by atoms with E-state index in [9.17, 15) is 0 Å². The molecule has 0 aromatic rings. The highest BCUT2D eigenvalue weighted by molar-refractivity contribution is 7.99. The van der Waals surface area contributed by atoms with Crippen LogP contribution in [0.1, 0.15) is 19.8 Å². The summed E-state index contributed by atoms with van der Waals surface area (Å²) in [5, 5.41) is 3.43. The van der Waals surface area contributed by atoms with Crippen LogP contribution in [-0.2, 0) is 9.47 Å². The van der Waals surface area contributed by atoms with Gasteiger partial charge in [-0.05, 0) is 37.2 Å². The summed E-state index contributed by atoms with van der Waals surface area (Å²) < 4.78 is 10.9. The Morgan fingerprint density at radius 1 is 1.43 bits per heavy atom. The second-order valence-electron chi connectivity index (χ2n) is 5.64. The molecule has 5 nitrogen and oxygen atoms in total. The Labute approximate surface area is 132 Å². The minimum absolute atomic E-state index is 0.152. The normalized spacial score (nSPS) is 25.1. The fraction of sp³-hybridized carbons (Fsp3) is 0.933. The Bertz CT molecular complexity index is 320. The van der Waals surface area contributed by atoms with Crippen LogP contribution >= 0.6 is 11.8 Å². The van der Waals surface area contributed by atoms with Crippen molar-refractivity contribution in [3.8, 4) is 0 Å². The van der Waals surface area contributed by atoms with Gasteiger partial charge in [0.25, 0.3) is 0 Å². The van der Waals surface area contributed by atoms with Crippen molar-refractivity contribution in [1.82, 2.24) is 10.2 Å². The second-order valence-corrected chi connectivity index (χ2v) is 6.87. The molecule has 0 aromatic heterocycles. The van der Waals surface area contributed by atoms with Gasteiger partial charge in [0.1, 0.15) is 0 Å². The number of nitrogens with zero attached hydrogens (tertiary/aromatic N) is 2. The lowest BCUT2D eigenvalue weighted by atomic mass is 10.0. The number of aliphatic imine (C=N–C) groups is 1. The molecule has 6 heteroatoms. The predicted molar refractivity (Wildman–Crippen MR) is 89.2 cm³/mol. The molecule has 2 heterocycles. The van der Waals surface area contributed by atoms with Crippen molar-refractivity contribution < 1.29 is 9.47 Å². The molecule has 0 aromatic carbocycles. The summed E-state index contributed by atoms with van der Waals surface area (Å²) in [6.07, 6.45) is 2.77. The van der Waals surface area contributed by atoms with E-state index in [1.807, 2.05) is 0 Å². The van der Waals surface area contributed by atoms with Gasteiger partial charge >= 0.3 is 0 Å². The van der Waals surface area contributed by atoms with E-state index in [4.69, 9.17) is 14.5 Å². The first-order chi connectivity index (χ1) is 10.3. The molecule has 1 unspecified atom stereocenters. The lowest BCUT2D eigenvalue weighted by Crippen LogP contribution is -2.51. The first-order valence-corrected chi connectivity index (χ1v) is 9.20. The number of nitrogens with one attached hydrogen (secondary N) is 1. The number of guanidine groups is 1. The summed E-state index contributed by atoms with van der Waals surface area (Å²) in [4.78, 5) is 7.19. The maximum Gasteiger partial charge on any atom is 0.194 e. The Morgan fingerprint density at radius 3 is 2.95 bits per heavy atom. The number of hydrogen-bond donors (Lipinski definition) is 1. The molecule has 2 saturated heterocycles. The van der Waals surface area contributed by atoms with Gasteiger partial charge in [0, 0.05) is 33.3 Å². The molecular weight excluding hydrogens is 286 g/mol. The highest BCUT2D eigenvalue weighted by Gasteiger charge is 2.23. The maximum atomic E-state index is 5.72. The van der Waals surface area contributed by atoms with Crippen molar-refractivity contribution in [2.24, 2.45) is 10.9 Å². The van der Waals surface area contributed by atoms with Crippen LogP contribution in [0.5, 0.6) is 0 Å². The number of thioether (sulfide) groups is 1. The summed E-state index contributed by atoms with van der Waals surface area (Å²) in [7, 11) is 1.72. The smallest absolute Gasteiger partial charge is 0.194 e. The van der Waals surface area contributed by atoms with E-state index in [2.05, 4.69) is 28.9 Å². The topological polar surface area (TPSA) is 46.1 Å². The zero-order valence-corrected chi connectivity index (χ0v) is 14.2. The lowest BCUT2D eigenvalue weighted by molar-refractivity contribution is -0.0447. The second kappa shape index (κ2) is 9.54. The van der Waals surface area contributed by atoms with E-state index >= 15 is 0 Å². The number of hydrogen-bond acceptors (Lipinski definition) is 4. The molecule has 122 valence electrons. The molecule has 2 aliphatic rings. The van der Waals surface area contributed by atoms with Gasteiger partial charge in [-0.3, -0.25) is 4.99 Å². The number of methoxy groups -OCH3 is 1. The largest absolute Gasteiger partial charge is 0.382 e. The zero-order chi connectivity index (χ0) is 14.9. The summed E-state index contributed by atoms with van der Waals surface area (Å²) in [5.74, 6) is 4.39. The fourth-order valence-electron chi connectivity index (χ4n) is 2.77. The van der Waals surface area contributed by atoms with Gasteiger partial charge in [0.05, 0.1) is 19.3 Å². The number of ether oxygens (including phenoxy) is 2. The van der Waals surface area contributed by atoms with E-state index in [0.717, 1.165) is 44.7 Å². The molecule has 0 bridgehead atoms. The fourth-order valence-corrected chi connectivity index (χ4v) is 3.97. The Kier molecular flexibility index (Phi) is 7.68. The quantitative estimate of drug-likeness (QED) is 0.614. The Hall–Kier alpha value is -0.460. The van der Waals surface area contributed by atoms with Crippen LogP contribution in [0.4, 0.5) is 0 Å². The van der Waals surface area contributed by atoms with Gasteiger partial charge in [0.15, 0.2) is 5.96 Å². The summed E-state index contributed by atoms with van der Waals surface area (Å²) >= 11 is 2.07. The van der Waals surface area contributed by atoms with Gasteiger partial charge in [0.2, 0.25) is 0 Å². The van der Waals surface area contributed by atoms with Crippen molar-refractivity contribution in [3.05, 3.63) is 0 Å². The number of morpholine rings is 1. The summed E-state index contributed by atoms with van der Waals surface area (Å²) in [6, 6.07) is 0. The predicted octanol–water partition coefficient (Wildman–Crippen LogP) is 1.44. The average Bonchev–Trinajstić information content (AvgIpc) is 2.53. The van der Waals surface area contributed by atoms with Gasteiger partial charge in [-0.1, -0.05) is 0 Å². The molecule has 0 radical (unpaired) electrons. The monoisotopic (exact) mass is 315 g/mol. The Morgan fingerprint density at radius 2 is 2.24 bits per heavy atom. The SMILES string of the molecule is CCNC(=NCC1CCSCC1)N1CCOC(COC)C1. The highest BCUT2D eigenvalue weighted by Crippen LogP contribution is 2.22. The number of rotatable bonds is 5. The van der Waals surface area contributed by atoms with Crippen molar-refractivity contribution in [1.29, 1.82) is 0 Å². The summed E-state index contributed by atoms with van der Waals surface area (Å²) in [6.45, 7) is 7.15. The molecule has 0 spiro atoms. The van der Waals surface area contributed by atoms with E-state index < -0.39 is 0 Å². The summed E-state index contributed by atoms with van der Waals surface area (Å²) in [5.41, 5.74) is 0. The molecule has 0 aliphatic carbocycles. The van der Waals surface area contributed by atoms with Crippen LogP contribution in [0, 0.1) is 5.92 Å². The first-order valence-electron chi connectivity index (χ1n) is 8.05. The highest BCUT2D eigenvalue weighted by atomic mass is 32.2. The van der Waals surface area contributed by atoms with Gasteiger partial charge in [-0.2, -0.15) is 11.8 Å². The third-order valence-corrected chi connectivity index (χ3v) is 5.01. The van der Waals surface area contributed by atoms with Crippen molar-refractivity contribution in [3.63, 3.8) is 0 Å². The molecule has 2 rings (SSSR count). The standard InChI is InChI=1S/C15H29N3O2S/c1-3-16-15(17-10-13-4-8-21-9-5-13)18-6-7-20-14(11-18)12-19-2/h13-14H,3-12H2,1-2H3,(H,16,17). The van der Waals surface area contributed by atoms with Gasteiger partial charge < -0.3 is 19.7 Å². The first kappa shape index (κ1) is 16.9. The molecule has 21 heavy (non-hydrogen) atoms. The van der Waals surface area contributed by atoms with Crippen LogP contribution in [-0.4, -0.2) is 75.0 Å². The molecule has 0 saturated carbocycles. The minimum atomic E-state index is 0.152. The molecule has 2 fully saturated rings. The van der Waals surface area contributed by atoms with Gasteiger partial charge in [-0.25, -0.2) is 0 Å². The van der Waals surface area contributed by atoms with E-state index in [-0.39, 0.29) is 6.10 Å². The average molecular weight is 315 g/mol. The van der Waals surface area contributed by atoms with Crippen LogP contribution in [0.2, 0.25) is 0 Å². The van der Waals surface area contributed by atoms with Crippen LogP contribution in [0.25, 0.3) is 0 Å². The van der Waals surface area contributed by atoms with Crippen LogP contribution < -0.4 is 5.32 Å². The Balaban J connectivity index is 1.89. The molecular formula is C15H29N3O2S. The minimum Gasteiger partial charge on any atom is -0.382 e. The molecule has 0 amide bonds. The van der Waals surface area contributed by atoms with Crippen molar-refractivity contribution >= 4 is 17.7 Å². The maximum absolute atomic E-state index is 5.72. The van der Waals surface area contributed by atoms with Crippen molar-refractivity contribution in [2.75, 3.05) is 58.0 Å². The van der Waals surface area contributed by atoms with E-state index in [1.165, 1.54) is 24.3 Å². The van der Waals surface area contributed by atoms with Gasteiger partial charge in [-0.15, -0.1) is 0 Å². The zero-order valence-electron chi connectivity index (χ0n) is 13.3. The van der Waals surface area contributed by atoms with Crippen molar-refractivity contribution in [2.45, 2.75) is 25.9 Å². The molecule has 1 atom stereocenters. The molecule has 1 N–H and O–H groups in total. The van der Waals surface area contributed by atoms with Crippen LogP contribution in [0.3, 0.4) is 0 Å². The van der Waals surface area contributed by atoms with E-state index in [0.29, 0.717) is 6.61 Å².